The third kappa shape index (κ3) is 4.48. The molecule has 0 radical (unpaired) electrons. The maximum atomic E-state index is 4.00. The SMILES string of the molecule is CC(NC1CC(C)(C)CC(C)(C)C1)C1CCCCC1. The van der Waals surface area contributed by atoms with Crippen LogP contribution in [0.2, 0.25) is 0 Å². The summed E-state index contributed by atoms with van der Waals surface area (Å²) in [6, 6.07) is 1.45. The molecule has 1 heteroatoms. The van der Waals surface area contributed by atoms with Gasteiger partial charge >= 0.3 is 0 Å². The average Bonchev–Trinajstić information content (AvgIpc) is 2.25. The summed E-state index contributed by atoms with van der Waals surface area (Å²) in [7, 11) is 0. The van der Waals surface area contributed by atoms with Crippen molar-refractivity contribution in [2.75, 3.05) is 0 Å². The topological polar surface area (TPSA) is 12.0 Å². The molecule has 19 heavy (non-hydrogen) atoms. The van der Waals surface area contributed by atoms with Crippen molar-refractivity contribution in [1.82, 2.24) is 5.32 Å². The van der Waals surface area contributed by atoms with Gasteiger partial charge in [-0.05, 0) is 55.8 Å². The van der Waals surface area contributed by atoms with E-state index in [-0.39, 0.29) is 0 Å². The smallest absolute Gasteiger partial charge is 0.00798 e. The van der Waals surface area contributed by atoms with E-state index < -0.39 is 0 Å². The highest BCUT2D eigenvalue weighted by molar-refractivity contribution is 4.93. The molecule has 0 aromatic heterocycles. The van der Waals surface area contributed by atoms with Crippen molar-refractivity contribution >= 4 is 0 Å². The highest BCUT2D eigenvalue weighted by Gasteiger charge is 2.39. The zero-order valence-corrected chi connectivity index (χ0v) is 13.9. The quantitative estimate of drug-likeness (QED) is 0.744. The lowest BCUT2D eigenvalue weighted by atomic mass is 9.63. The molecule has 2 aliphatic rings. The third-order valence-electron chi connectivity index (χ3n) is 5.41. The molecule has 0 spiro atoms. The summed E-state index contributed by atoms with van der Waals surface area (Å²) >= 11 is 0. The van der Waals surface area contributed by atoms with Gasteiger partial charge in [0.15, 0.2) is 0 Å². The standard InChI is InChI=1S/C18H35N/c1-14(15-9-7-6-8-10-15)19-16-11-17(2,3)13-18(4,5)12-16/h14-16,19H,6-13H2,1-5H3. The fourth-order valence-corrected chi connectivity index (χ4v) is 5.11. The molecule has 2 saturated carbocycles. The van der Waals surface area contributed by atoms with Crippen LogP contribution in [0.5, 0.6) is 0 Å². The Balaban J connectivity index is 1.90. The largest absolute Gasteiger partial charge is 0.311 e. The molecular weight excluding hydrogens is 230 g/mol. The summed E-state index contributed by atoms with van der Waals surface area (Å²) in [6.07, 6.45) is 11.4. The molecule has 0 aliphatic heterocycles. The van der Waals surface area contributed by atoms with Crippen LogP contribution in [0.4, 0.5) is 0 Å². The molecule has 1 unspecified atom stereocenters. The van der Waals surface area contributed by atoms with Gasteiger partial charge in [0, 0.05) is 12.1 Å². The molecule has 2 aliphatic carbocycles. The Bertz CT molecular complexity index is 270. The maximum Gasteiger partial charge on any atom is 0.00798 e. The summed E-state index contributed by atoms with van der Waals surface area (Å²) in [6.45, 7) is 12.2. The molecule has 1 atom stereocenters. The lowest BCUT2D eigenvalue weighted by molar-refractivity contribution is 0.0754. The Labute approximate surface area is 120 Å². The Kier molecular flexibility index (Phi) is 4.65. The lowest BCUT2D eigenvalue weighted by Crippen LogP contribution is -2.48. The van der Waals surface area contributed by atoms with Crippen LogP contribution in [-0.2, 0) is 0 Å². The second-order valence-electron chi connectivity index (χ2n) is 8.96. The Morgan fingerprint density at radius 2 is 1.42 bits per heavy atom. The first-order valence-corrected chi connectivity index (χ1v) is 8.54. The minimum absolute atomic E-state index is 0.506. The zero-order chi connectivity index (χ0) is 14.1. The van der Waals surface area contributed by atoms with Gasteiger partial charge in [-0.2, -0.15) is 0 Å². The minimum atomic E-state index is 0.506. The first-order valence-electron chi connectivity index (χ1n) is 8.54. The molecular formula is C18H35N. The molecule has 0 bridgehead atoms. The van der Waals surface area contributed by atoms with E-state index in [2.05, 4.69) is 39.9 Å². The predicted octanol–water partition coefficient (Wildman–Crippen LogP) is 5.15. The van der Waals surface area contributed by atoms with E-state index in [9.17, 15) is 0 Å². The van der Waals surface area contributed by atoms with E-state index in [0.717, 1.165) is 18.0 Å². The minimum Gasteiger partial charge on any atom is -0.311 e. The van der Waals surface area contributed by atoms with Gasteiger partial charge in [0.1, 0.15) is 0 Å². The predicted molar refractivity (Wildman–Crippen MR) is 84.4 cm³/mol. The Morgan fingerprint density at radius 3 is 1.95 bits per heavy atom. The molecule has 0 aromatic rings. The number of hydrogen-bond acceptors (Lipinski definition) is 1. The van der Waals surface area contributed by atoms with Crippen molar-refractivity contribution < 1.29 is 0 Å². The summed E-state index contributed by atoms with van der Waals surface area (Å²) in [5, 5.41) is 4.00. The van der Waals surface area contributed by atoms with E-state index >= 15 is 0 Å². The maximum absolute atomic E-state index is 4.00. The second kappa shape index (κ2) is 5.76. The van der Waals surface area contributed by atoms with Crippen molar-refractivity contribution in [2.24, 2.45) is 16.7 Å². The molecule has 2 rings (SSSR count). The van der Waals surface area contributed by atoms with Crippen LogP contribution in [0.1, 0.15) is 86.0 Å². The molecule has 1 N–H and O–H groups in total. The lowest BCUT2D eigenvalue weighted by Gasteiger charge is -2.46. The van der Waals surface area contributed by atoms with Crippen LogP contribution in [0.25, 0.3) is 0 Å². The van der Waals surface area contributed by atoms with Crippen LogP contribution in [0, 0.1) is 16.7 Å². The Hall–Kier alpha value is -0.0400. The summed E-state index contributed by atoms with van der Waals surface area (Å²) in [5.41, 5.74) is 1.01. The summed E-state index contributed by atoms with van der Waals surface area (Å²) in [5.74, 6) is 0.932. The molecule has 1 nitrogen and oxygen atoms in total. The monoisotopic (exact) mass is 265 g/mol. The normalized spacial score (nSPS) is 30.2. The van der Waals surface area contributed by atoms with E-state index in [0.29, 0.717) is 10.8 Å². The molecule has 112 valence electrons. The van der Waals surface area contributed by atoms with Gasteiger partial charge in [-0.15, -0.1) is 0 Å². The molecule has 0 aromatic carbocycles. The van der Waals surface area contributed by atoms with E-state index in [1.807, 2.05) is 0 Å². The zero-order valence-electron chi connectivity index (χ0n) is 13.9. The fraction of sp³-hybridized carbons (Fsp3) is 1.00. The fourth-order valence-electron chi connectivity index (χ4n) is 5.11. The number of hydrogen-bond donors (Lipinski definition) is 1. The van der Waals surface area contributed by atoms with Crippen molar-refractivity contribution in [1.29, 1.82) is 0 Å². The van der Waals surface area contributed by atoms with Crippen molar-refractivity contribution in [2.45, 2.75) is 98.1 Å². The van der Waals surface area contributed by atoms with Crippen molar-refractivity contribution in [3.63, 3.8) is 0 Å². The molecule has 0 heterocycles. The highest BCUT2D eigenvalue weighted by Crippen LogP contribution is 2.46. The van der Waals surface area contributed by atoms with Crippen molar-refractivity contribution in [3.05, 3.63) is 0 Å². The number of rotatable bonds is 3. The second-order valence-corrected chi connectivity index (χ2v) is 8.96. The van der Waals surface area contributed by atoms with E-state index in [1.54, 1.807) is 0 Å². The van der Waals surface area contributed by atoms with E-state index in [4.69, 9.17) is 0 Å². The molecule has 0 amide bonds. The van der Waals surface area contributed by atoms with Gasteiger partial charge in [0.2, 0.25) is 0 Å². The Morgan fingerprint density at radius 1 is 0.895 bits per heavy atom. The summed E-state index contributed by atoms with van der Waals surface area (Å²) < 4.78 is 0. The van der Waals surface area contributed by atoms with Crippen molar-refractivity contribution in [3.8, 4) is 0 Å². The van der Waals surface area contributed by atoms with Crippen LogP contribution >= 0.6 is 0 Å². The van der Waals surface area contributed by atoms with Crippen LogP contribution in [0.15, 0.2) is 0 Å². The van der Waals surface area contributed by atoms with Gasteiger partial charge in [0.05, 0.1) is 0 Å². The van der Waals surface area contributed by atoms with Gasteiger partial charge < -0.3 is 5.32 Å². The number of nitrogens with one attached hydrogen (secondary N) is 1. The van der Waals surface area contributed by atoms with E-state index in [1.165, 1.54) is 51.4 Å². The van der Waals surface area contributed by atoms with Gasteiger partial charge in [0.25, 0.3) is 0 Å². The van der Waals surface area contributed by atoms with Crippen LogP contribution < -0.4 is 5.32 Å². The molecule has 0 saturated heterocycles. The van der Waals surface area contributed by atoms with Gasteiger partial charge in [-0.1, -0.05) is 47.0 Å². The third-order valence-corrected chi connectivity index (χ3v) is 5.41. The van der Waals surface area contributed by atoms with Crippen LogP contribution in [-0.4, -0.2) is 12.1 Å². The summed E-state index contributed by atoms with van der Waals surface area (Å²) in [4.78, 5) is 0. The first kappa shape index (κ1) is 15.4. The van der Waals surface area contributed by atoms with Gasteiger partial charge in [-0.25, -0.2) is 0 Å². The van der Waals surface area contributed by atoms with Crippen LogP contribution in [0.3, 0.4) is 0 Å². The molecule has 2 fully saturated rings. The van der Waals surface area contributed by atoms with Gasteiger partial charge in [-0.3, -0.25) is 0 Å². The first-order chi connectivity index (χ1) is 8.77. The highest BCUT2D eigenvalue weighted by atomic mass is 15.0. The average molecular weight is 265 g/mol.